The lowest BCUT2D eigenvalue weighted by molar-refractivity contribution is -0.118. The van der Waals surface area contributed by atoms with Crippen molar-refractivity contribution >= 4 is 39.1 Å². The van der Waals surface area contributed by atoms with Gasteiger partial charge >= 0.3 is 0 Å². The molecule has 1 aromatic heterocycles. The number of aromatic nitrogens is 1. The average Bonchev–Trinajstić information content (AvgIpc) is 3.06. The summed E-state index contributed by atoms with van der Waals surface area (Å²) in [7, 11) is 0. The molecule has 0 bridgehead atoms. The highest BCUT2D eigenvalue weighted by Gasteiger charge is 2.16. The molecule has 1 aliphatic rings. The zero-order valence-corrected chi connectivity index (χ0v) is 13.4. The van der Waals surface area contributed by atoms with Crippen LogP contribution in [0.3, 0.4) is 0 Å². The minimum atomic E-state index is -0.179. The summed E-state index contributed by atoms with van der Waals surface area (Å²) in [6, 6.07) is 10.9. The molecule has 2 aromatic carbocycles. The Morgan fingerprint density at radius 2 is 2.21 bits per heavy atom. The molecule has 0 saturated heterocycles. The van der Waals surface area contributed by atoms with Crippen molar-refractivity contribution in [2.75, 3.05) is 11.9 Å². The first-order valence-electron chi connectivity index (χ1n) is 7.36. The van der Waals surface area contributed by atoms with Crippen LogP contribution in [0.1, 0.15) is 15.9 Å². The number of carbonyl (C=O) groups is 2. The summed E-state index contributed by atoms with van der Waals surface area (Å²) in [5.41, 5.74) is 4.76. The number of benzene rings is 2. The lowest BCUT2D eigenvalue weighted by atomic mass is 10.1. The Hall–Kier alpha value is -2.93. The fraction of sp³-hybridized carbons (Fsp3) is 0.118. The Kier molecular flexibility index (Phi) is 3.62. The third-order valence-electron chi connectivity index (χ3n) is 3.72. The van der Waals surface area contributed by atoms with Gasteiger partial charge < -0.3 is 15.4 Å². The van der Waals surface area contributed by atoms with Gasteiger partial charge in [0.05, 0.1) is 21.4 Å². The third-order valence-corrected chi connectivity index (χ3v) is 4.52. The van der Waals surface area contributed by atoms with Gasteiger partial charge in [0.15, 0.2) is 6.61 Å². The molecule has 0 saturated carbocycles. The van der Waals surface area contributed by atoms with Gasteiger partial charge in [0.25, 0.3) is 11.8 Å². The number of amides is 2. The van der Waals surface area contributed by atoms with Gasteiger partial charge in [-0.15, -0.1) is 11.3 Å². The highest BCUT2D eigenvalue weighted by atomic mass is 32.1. The maximum absolute atomic E-state index is 12.3. The van der Waals surface area contributed by atoms with Crippen LogP contribution >= 0.6 is 11.3 Å². The molecule has 4 rings (SSSR count). The molecular weight excluding hydrogens is 326 g/mol. The molecule has 0 unspecified atom stereocenters. The van der Waals surface area contributed by atoms with E-state index in [0.717, 1.165) is 15.8 Å². The van der Waals surface area contributed by atoms with E-state index in [9.17, 15) is 9.59 Å². The molecule has 0 spiro atoms. The van der Waals surface area contributed by atoms with Gasteiger partial charge in [0.2, 0.25) is 0 Å². The minimum Gasteiger partial charge on any atom is -0.482 e. The maximum atomic E-state index is 12.3. The first-order chi connectivity index (χ1) is 11.7. The lowest BCUT2D eigenvalue weighted by Crippen LogP contribution is -2.26. The van der Waals surface area contributed by atoms with Crippen LogP contribution in [0.4, 0.5) is 5.69 Å². The van der Waals surface area contributed by atoms with E-state index in [0.29, 0.717) is 23.5 Å². The Balaban J connectivity index is 1.47. The van der Waals surface area contributed by atoms with Crippen molar-refractivity contribution in [1.82, 2.24) is 10.3 Å². The molecule has 0 fully saturated rings. The Morgan fingerprint density at radius 1 is 1.29 bits per heavy atom. The minimum absolute atomic E-state index is 0.0309. The molecule has 2 heterocycles. The van der Waals surface area contributed by atoms with E-state index in [1.807, 2.05) is 18.2 Å². The Labute approximate surface area is 141 Å². The molecule has 3 aromatic rings. The Morgan fingerprint density at radius 3 is 3.12 bits per heavy atom. The van der Waals surface area contributed by atoms with Crippen molar-refractivity contribution in [2.24, 2.45) is 0 Å². The second-order valence-electron chi connectivity index (χ2n) is 5.38. The van der Waals surface area contributed by atoms with E-state index >= 15 is 0 Å². The van der Waals surface area contributed by atoms with Crippen LogP contribution in [0.25, 0.3) is 10.2 Å². The number of fused-ring (bicyclic) bond motifs is 2. The zero-order chi connectivity index (χ0) is 16.5. The normalized spacial score (nSPS) is 13.1. The maximum Gasteiger partial charge on any atom is 0.262 e. The molecule has 0 aliphatic carbocycles. The van der Waals surface area contributed by atoms with Crippen LogP contribution in [-0.2, 0) is 11.3 Å². The summed E-state index contributed by atoms with van der Waals surface area (Å²) in [6.45, 7) is 0.395. The van der Waals surface area contributed by atoms with Crippen molar-refractivity contribution in [3.63, 3.8) is 0 Å². The second kappa shape index (κ2) is 5.93. The van der Waals surface area contributed by atoms with Crippen LogP contribution in [-0.4, -0.2) is 23.4 Å². The van der Waals surface area contributed by atoms with Gasteiger partial charge in [0.1, 0.15) is 5.75 Å². The number of hydrogen-bond acceptors (Lipinski definition) is 5. The highest BCUT2D eigenvalue weighted by Crippen LogP contribution is 2.28. The molecule has 120 valence electrons. The standard InChI is InChI=1S/C17H13N3O3S/c21-16-8-23-14-4-1-10(5-13(14)20-16)7-18-17(22)11-2-3-12-15(6-11)24-9-19-12/h1-6,9H,7-8H2,(H,18,22)(H,20,21). The largest absolute Gasteiger partial charge is 0.482 e. The number of thiazole rings is 1. The number of rotatable bonds is 3. The third kappa shape index (κ3) is 2.81. The summed E-state index contributed by atoms with van der Waals surface area (Å²) in [5, 5.41) is 5.64. The SMILES string of the molecule is O=C1COc2ccc(CNC(=O)c3ccc4ncsc4c3)cc2N1. The van der Waals surface area contributed by atoms with Crippen LogP contribution in [0.2, 0.25) is 0 Å². The number of nitrogens with one attached hydrogen (secondary N) is 2. The molecule has 24 heavy (non-hydrogen) atoms. The fourth-order valence-electron chi connectivity index (χ4n) is 2.52. The molecule has 0 atom stereocenters. The second-order valence-corrected chi connectivity index (χ2v) is 6.27. The van der Waals surface area contributed by atoms with Crippen LogP contribution in [0, 0.1) is 0 Å². The first-order valence-corrected chi connectivity index (χ1v) is 8.24. The molecule has 7 heteroatoms. The van der Waals surface area contributed by atoms with Crippen molar-refractivity contribution in [3.8, 4) is 5.75 Å². The molecule has 0 radical (unpaired) electrons. The average molecular weight is 339 g/mol. The topological polar surface area (TPSA) is 80.3 Å². The predicted octanol–water partition coefficient (Wildman–Crippen LogP) is 2.56. The molecule has 2 N–H and O–H groups in total. The molecular formula is C17H13N3O3S. The van der Waals surface area contributed by atoms with Crippen molar-refractivity contribution in [2.45, 2.75) is 6.54 Å². The molecule has 6 nitrogen and oxygen atoms in total. The summed E-state index contributed by atoms with van der Waals surface area (Å²) in [5.74, 6) is 0.310. The number of carbonyl (C=O) groups excluding carboxylic acids is 2. The van der Waals surface area contributed by atoms with E-state index in [1.54, 1.807) is 23.7 Å². The summed E-state index contributed by atoms with van der Waals surface area (Å²) in [6.07, 6.45) is 0. The van der Waals surface area contributed by atoms with Gasteiger partial charge in [-0.05, 0) is 35.9 Å². The van der Waals surface area contributed by atoms with Gasteiger partial charge in [-0.3, -0.25) is 9.59 Å². The Bertz CT molecular complexity index is 951. The lowest BCUT2D eigenvalue weighted by Gasteiger charge is -2.18. The number of nitrogens with zero attached hydrogens (tertiary/aromatic N) is 1. The van der Waals surface area contributed by atoms with Crippen molar-refractivity contribution in [1.29, 1.82) is 0 Å². The number of anilines is 1. The van der Waals surface area contributed by atoms with Crippen LogP contribution in [0.5, 0.6) is 5.75 Å². The monoisotopic (exact) mass is 339 g/mol. The smallest absolute Gasteiger partial charge is 0.262 e. The van der Waals surface area contributed by atoms with Crippen molar-refractivity contribution < 1.29 is 14.3 Å². The van der Waals surface area contributed by atoms with Crippen LogP contribution < -0.4 is 15.4 Å². The number of ether oxygens (including phenoxy) is 1. The summed E-state index contributed by atoms with van der Waals surface area (Å²) < 4.78 is 6.30. The predicted molar refractivity (Wildman–Crippen MR) is 91.4 cm³/mol. The molecule has 2 amide bonds. The summed E-state index contributed by atoms with van der Waals surface area (Å²) >= 11 is 1.50. The van der Waals surface area contributed by atoms with Gasteiger partial charge in [-0.25, -0.2) is 4.98 Å². The quantitative estimate of drug-likeness (QED) is 0.768. The van der Waals surface area contributed by atoms with Gasteiger partial charge in [-0.2, -0.15) is 0 Å². The summed E-state index contributed by atoms with van der Waals surface area (Å²) in [4.78, 5) is 27.9. The van der Waals surface area contributed by atoms with E-state index in [2.05, 4.69) is 15.6 Å². The van der Waals surface area contributed by atoms with Crippen LogP contribution in [0.15, 0.2) is 41.9 Å². The molecule has 1 aliphatic heterocycles. The van der Waals surface area contributed by atoms with E-state index in [1.165, 1.54) is 11.3 Å². The highest BCUT2D eigenvalue weighted by molar-refractivity contribution is 7.16. The first kappa shape index (κ1) is 14.6. The van der Waals surface area contributed by atoms with E-state index in [4.69, 9.17) is 4.74 Å². The van der Waals surface area contributed by atoms with E-state index in [-0.39, 0.29) is 18.4 Å². The van der Waals surface area contributed by atoms with E-state index < -0.39 is 0 Å². The van der Waals surface area contributed by atoms with Gasteiger partial charge in [-0.1, -0.05) is 6.07 Å². The zero-order valence-electron chi connectivity index (χ0n) is 12.5. The number of hydrogen-bond donors (Lipinski definition) is 2. The van der Waals surface area contributed by atoms with Gasteiger partial charge in [0, 0.05) is 12.1 Å². The fourth-order valence-corrected chi connectivity index (χ4v) is 3.24. The van der Waals surface area contributed by atoms with Crippen molar-refractivity contribution in [3.05, 3.63) is 53.0 Å².